The van der Waals surface area contributed by atoms with E-state index in [0.29, 0.717) is 28.3 Å². The first-order valence-electron chi connectivity index (χ1n) is 10.8. The summed E-state index contributed by atoms with van der Waals surface area (Å²) in [5, 5.41) is 3.83. The van der Waals surface area contributed by atoms with Crippen LogP contribution in [0.3, 0.4) is 0 Å². The van der Waals surface area contributed by atoms with Crippen LogP contribution in [0.25, 0.3) is 0 Å². The molecular formula is C25H27ClN2O2S. The average Bonchev–Trinajstić information content (AvgIpc) is 2.77. The van der Waals surface area contributed by atoms with Crippen molar-refractivity contribution < 1.29 is 9.59 Å². The highest BCUT2D eigenvalue weighted by molar-refractivity contribution is 8.04. The Morgan fingerprint density at radius 2 is 1.84 bits per heavy atom. The van der Waals surface area contributed by atoms with Crippen molar-refractivity contribution in [2.75, 3.05) is 0 Å². The van der Waals surface area contributed by atoms with Crippen LogP contribution in [0, 0.1) is 6.92 Å². The number of carbonyl (C=O) groups is 2. The number of amides is 2. The molecule has 6 heteroatoms. The lowest BCUT2D eigenvalue weighted by Crippen LogP contribution is -2.51. The summed E-state index contributed by atoms with van der Waals surface area (Å²) in [6, 6.07) is 15.9. The van der Waals surface area contributed by atoms with Crippen molar-refractivity contribution in [1.82, 2.24) is 10.2 Å². The number of nitrogens with zero attached hydrogens (tertiary/aromatic N) is 1. The minimum Gasteiger partial charge on any atom is -0.348 e. The van der Waals surface area contributed by atoms with Gasteiger partial charge in [0.15, 0.2) is 0 Å². The number of thioether (sulfide) groups is 1. The maximum absolute atomic E-state index is 13.4. The fourth-order valence-corrected chi connectivity index (χ4v) is 5.97. The van der Waals surface area contributed by atoms with Crippen molar-refractivity contribution in [3.8, 4) is 0 Å². The summed E-state index contributed by atoms with van der Waals surface area (Å²) in [7, 11) is 0. The molecule has 4 nitrogen and oxygen atoms in total. The summed E-state index contributed by atoms with van der Waals surface area (Å²) in [5.41, 5.74) is 3.20. The number of halogens is 1. The lowest BCUT2D eigenvalue weighted by Gasteiger charge is -2.44. The number of carbonyl (C=O) groups excluding carboxylic acids is 2. The van der Waals surface area contributed by atoms with Crippen LogP contribution in [0.15, 0.2) is 59.5 Å². The molecule has 1 N–H and O–H groups in total. The molecule has 2 aromatic carbocycles. The summed E-state index contributed by atoms with van der Waals surface area (Å²) in [6.07, 6.45) is 5.90. The second kappa shape index (κ2) is 9.92. The third-order valence-electron chi connectivity index (χ3n) is 6.09. The zero-order chi connectivity index (χ0) is 21.8. The molecule has 1 heterocycles. The fourth-order valence-electron chi connectivity index (χ4n) is 4.33. The minimum atomic E-state index is -0.263. The normalized spacial score (nSPS) is 22.3. The molecule has 2 atom stereocenters. The molecule has 31 heavy (non-hydrogen) atoms. The number of hydrogen-bond donors (Lipinski definition) is 1. The molecule has 4 rings (SSSR count). The Labute approximate surface area is 193 Å². The van der Waals surface area contributed by atoms with Gasteiger partial charge in [-0.15, -0.1) is 11.8 Å². The number of rotatable bonds is 5. The molecule has 0 spiro atoms. The van der Waals surface area contributed by atoms with Crippen LogP contribution < -0.4 is 5.32 Å². The van der Waals surface area contributed by atoms with Crippen LogP contribution in [0.5, 0.6) is 0 Å². The SMILES string of the molecule is Cc1ccccc1CN1C(=O)/C(=C/C(=O)NCc2ccccc2Cl)SC2CCCCC21. The first-order valence-corrected chi connectivity index (χ1v) is 12.0. The monoisotopic (exact) mass is 454 g/mol. The Hall–Kier alpha value is -2.24. The van der Waals surface area contributed by atoms with Crippen molar-refractivity contribution in [2.24, 2.45) is 0 Å². The van der Waals surface area contributed by atoms with E-state index in [1.54, 1.807) is 17.8 Å². The Kier molecular flexibility index (Phi) is 7.03. The van der Waals surface area contributed by atoms with E-state index in [1.165, 1.54) is 18.1 Å². The summed E-state index contributed by atoms with van der Waals surface area (Å²) in [6.45, 7) is 3.00. The van der Waals surface area contributed by atoms with Crippen LogP contribution in [-0.2, 0) is 22.7 Å². The number of aryl methyl sites for hydroxylation is 1. The lowest BCUT2D eigenvalue weighted by molar-refractivity contribution is -0.130. The van der Waals surface area contributed by atoms with Crippen LogP contribution >= 0.6 is 23.4 Å². The van der Waals surface area contributed by atoms with Crippen molar-refractivity contribution in [3.63, 3.8) is 0 Å². The zero-order valence-corrected chi connectivity index (χ0v) is 19.2. The van der Waals surface area contributed by atoms with E-state index in [-0.39, 0.29) is 17.9 Å². The molecule has 1 aliphatic heterocycles. The summed E-state index contributed by atoms with van der Waals surface area (Å²) >= 11 is 7.75. The molecule has 1 saturated carbocycles. The van der Waals surface area contributed by atoms with E-state index >= 15 is 0 Å². The molecule has 2 aliphatic rings. The van der Waals surface area contributed by atoms with Crippen LogP contribution in [0.1, 0.15) is 42.4 Å². The topological polar surface area (TPSA) is 49.4 Å². The Balaban J connectivity index is 1.51. The molecule has 2 fully saturated rings. The minimum absolute atomic E-state index is 0.0377. The summed E-state index contributed by atoms with van der Waals surface area (Å²) < 4.78 is 0. The number of benzene rings is 2. The largest absolute Gasteiger partial charge is 0.348 e. The van der Waals surface area contributed by atoms with E-state index in [0.717, 1.165) is 30.4 Å². The van der Waals surface area contributed by atoms with E-state index < -0.39 is 0 Å². The molecule has 1 aliphatic carbocycles. The van der Waals surface area contributed by atoms with Gasteiger partial charge in [-0.2, -0.15) is 0 Å². The van der Waals surface area contributed by atoms with E-state index in [4.69, 9.17) is 11.6 Å². The van der Waals surface area contributed by atoms with Gasteiger partial charge in [-0.25, -0.2) is 0 Å². The van der Waals surface area contributed by atoms with Crippen molar-refractivity contribution in [3.05, 3.63) is 81.2 Å². The van der Waals surface area contributed by atoms with Crippen molar-refractivity contribution >= 4 is 35.2 Å². The van der Waals surface area contributed by atoms with Gasteiger partial charge >= 0.3 is 0 Å². The Morgan fingerprint density at radius 3 is 2.61 bits per heavy atom. The highest BCUT2D eigenvalue weighted by Crippen LogP contribution is 2.42. The van der Waals surface area contributed by atoms with Gasteiger partial charge in [0.1, 0.15) is 0 Å². The molecule has 2 unspecified atom stereocenters. The summed E-state index contributed by atoms with van der Waals surface area (Å²) in [4.78, 5) is 28.5. The maximum atomic E-state index is 13.4. The lowest BCUT2D eigenvalue weighted by atomic mass is 9.92. The van der Waals surface area contributed by atoms with Crippen molar-refractivity contribution in [2.45, 2.75) is 57.0 Å². The van der Waals surface area contributed by atoms with Gasteiger partial charge < -0.3 is 10.2 Å². The number of hydrogen-bond acceptors (Lipinski definition) is 3. The predicted octanol–water partition coefficient (Wildman–Crippen LogP) is 5.24. The van der Waals surface area contributed by atoms with E-state index in [1.807, 2.05) is 35.2 Å². The van der Waals surface area contributed by atoms with Gasteiger partial charge in [-0.3, -0.25) is 9.59 Å². The van der Waals surface area contributed by atoms with E-state index in [2.05, 4.69) is 24.4 Å². The maximum Gasteiger partial charge on any atom is 0.261 e. The van der Waals surface area contributed by atoms with Gasteiger partial charge in [-0.1, -0.05) is 66.9 Å². The molecule has 0 bridgehead atoms. The number of fused-ring (bicyclic) bond motifs is 1. The molecule has 0 radical (unpaired) electrons. The second-order valence-corrected chi connectivity index (χ2v) is 9.87. The summed E-state index contributed by atoms with van der Waals surface area (Å²) in [5.74, 6) is -0.301. The van der Waals surface area contributed by atoms with Gasteiger partial charge in [-0.05, 0) is 42.5 Å². The Morgan fingerprint density at radius 1 is 1.13 bits per heavy atom. The van der Waals surface area contributed by atoms with Gasteiger partial charge in [0.2, 0.25) is 5.91 Å². The molecule has 1 saturated heterocycles. The van der Waals surface area contributed by atoms with Gasteiger partial charge in [0.05, 0.1) is 4.91 Å². The third kappa shape index (κ3) is 5.16. The van der Waals surface area contributed by atoms with Crippen LogP contribution in [-0.4, -0.2) is 28.0 Å². The van der Waals surface area contributed by atoms with Crippen molar-refractivity contribution in [1.29, 1.82) is 0 Å². The van der Waals surface area contributed by atoms with Crippen LogP contribution in [0.2, 0.25) is 5.02 Å². The fraction of sp³-hybridized carbons (Fsp3) is 0.360. The van der Waals surface area contributed by atoms with E-state index in [9.17, 15) is 9.59 Å². The quantitative estimate of drug-likeness (QED) is 0.629. The molecule has 0 aromatic heterocycles. The smallest absolute Gasteiger partial charge is 0.261 e. The molecule has 162 valence electrons. The average molecular weight is 455 g/mol. The standard InChI is InChI=1S/C25H27ClN2O2S/c1-17-8-2-3-10-19(17)16-28-21-12-6-7-13-22(21)31-23(25(28)30)14-24(29)27-15-18-9-4-5-11-20(18)26/h2-5,8-11,14,21-22H,6-7,12-13,15-16H2,1H3,(H,27,29)/b23-14-. The second-order valence-electron chi connectivity index (χ2n) is 8.19. The third-order valence-corrected chi connectivity index (χ3v) is 7.86. The highest BCUT2D eigenvalue weighted by atomic mass is 35.5. The van der Waals surface area contributed by atoms with Crippen LogP contribution in [0.4, 0.5) is 0 Å². The molecule has 2 amide bonds. The molecular weight excluding hydrogens is 428 g/mol. The Bertz CT molecular complexity index is 1010. The van der Waals surface area contributed by atoms with Gasteiger partial charge in [0.25, 0.3) is 5.91 Å². The molecule has 2 aromatic rings. The predicted molar refractivity (Wildman–Crippen MR) is 127 cm³/mol. The van der Waals surface area contributed by atoms with Gasteiger partial charge in [0, 0.05) is 35.5 Å². The highest BCUT2D eigenvalue weighted by Gasteiger charge is 2.40. The zero-order valence-electron chi connectivity index (χ0n) is 17.6. The first kappa shape index (κ1) is 22.0. The first-order chi connectivity index (χ1) is 15.0. The number of nitrogens with one attached hydrogen (secondary N) is 1.